The van der Waals surface area contributed by atoms with E-state index < -0.39 is 5.91 Å². The molecule has 0 unspecified atom stereocenters. The molecule has 18 heavy (non-hydrogen) atoms. The van der Waals surface area contributed by atoms with E-state index in [-0.39, 0.29) is 5.96 Å². The number of amides is 1. The number of carbonyl (C=O) groups excluding carboxylic acids is 1. The molecule has 0 bridgehead atoms. The molecule has 0 atom stereocenters. The Morgan fingerprint density at radius 2 is 1.94 bits per heavy atom. The number of carbonyl (C=O) groups is 1. The number of rotatable bonds is 2. The Bertz CT molecular complexity index is 486. The topological polar surface area (TPSA) is 84.7 Å². The molecule has 1 saturated heterocycles. The van der Waals surface area contributed by atoms with Crippen molar-refractivity contribution in [1.82, 2.24) is 0 Å². The minimum absolute atomic E-state index is 0.205. The van der Waals surface area contributed by atoms with Gasteiger partial charge in [0.05, 0.1) is 0 Å². The normalized spacial score (nSPS) is 14.6. The summed E-state index contributed by atoms with van der Waals surface area (Å²) in [4.78, 5) is 17.6. The van der Waals surface area contributed by atoms with Gasteiger partial charge in [0.1, 0.15) is 0 Å². The summed E-state index contributed by atoms with van der Waals surface area (Å²) in [6.45, 7) is 4.13. The lowest BCUT2D eigenvalue weighted by molar-refractivity contribution is 0.100. The summed E-state index contributed by atoms with van der Waals surface area (Å²) in [5.74, 6) is -0.598. The molecular formula is C13H18N4O. The molecule has 5 heteroatoms. The molecule has 0 aromatic heterocycles. The van der Waals surface area contributed by atoms with Gasteiger partial charge in [-0.15, -0.1) is 0 Å². The summed E-state index contributed by atoms with van der Waals surface area (Å²) in [5.41, 5.74) is 13.2. The SMILES string of the molecule is Cc1ccc(C(=O)N=C(N)N)cc1N1CCCC1. The number of anilines is 1. The van der Waals surface area contributed by atoms with Crippen LogP contribution < -0.4 is 16.4 Å². The molecule has 0 saturated carbocycles. The molecule has 1 aromatic carbocycles. The minimum Gasteiger partial charge on any atom is -0.371 e. The van der Waals surface area contributed by atoms with Gasteiger partial charge >= 0.3 is 0 Å². The fourth-order valence-electron chi connectivity index (χ4n) is 2.22. The second-order valence-electron chi connectivity index (χ2n) is 4.54. The van der Waals surface area contributed by atoms with E-state index in [1.807, 2.05) is 19.1 Å². The summed E-state index contributed by atoms with van der Waals surface area (Å²) in [7, 11) is 0. The van der Waals surface area contributed by atoms with E-state index in [9.17, 15) is 4.79 Å². The number of nitrogens with two attached hydrogens (primary N) is 2. The number of hydrogen-bond acceptors (Lipinski definition) is 2. The third-order valence-electron chi connectivity index (χ3n) is 3.13. The highest BCUT2D eigenvalue weighted by molar-refractivity contribution is 6.02. The van der Waals surface area contributed by atoms with Crippen molar-refractivity contribution >= 4 is 17.6 Å². The summed E-state index contributed by atoms with van der Waals surface area (Å²) in [6, 6.07) is 5.56. The van der Waals surface area contributed by atoms with Crippen molar-refractivity contribution in [2.24, 2.45) is 16.5 Å². The number of benzene rings is 1. The summed E-state index contributed by atoms with van der Waals surface area (Å²) in [5, 5.41) is 0. The van der Waals surface area contributed by atoms with Crippen molar-refractivity contribution in [2.45, 2.75) is 19.8 Å². The largest absolute Gasteiger partial charge is 0.371 e. The third-order valence-corrected chi connectivity index (χ3v) is 3.13. The lowest BCUT2D eigenvalue weighted by Gasteiger charge is -2.20. The predicted octanol–water partition coefficient (Wildman–Crippen LogP) is 1.01. The third kappa shape index (κ3) is 2.61. The van der Waals surface area contributed by atoms with Gasteiger partial charge in [-0.2, -0.15) is 4.99 Å². The van der Waals surface area contributed by atoms with E-state index in [0.717, 1.165) is 24.3 Å². The van der Waals surface area contributed by atoms with Crippen LogP contribution in [0.15, 0.2) is 23.2 Å². The first kappa shape index (κ1) is 12.4. The first-order valence-corrected chi connectivity index (χ1v) is 6.07. The van der Waals surface area contributed by atoms with Gasteiger partial charge in [-0.1, -0.05) is 6.07 Å². The van der Waals surface area contributed by atoms with Crippen LogP contribution in [0, 0.1) is 6.92 Å². The highest BCUT2D eigenvalue weighted by Gasteiger charge is 2.16. The van der Waals surface area contributed by atoms with Gasteiger partial charge in [0.15, 0.2) is 5.96 Å². The molecule has 2 rings (SSSR count). The number of guanidine groups is 1. The zero-order valence-electron chi connectivity index (χ0n) is 10.5. The highest BCUT2D eigenvalue weighted by Crippen LogP contribution is 2.25. The van der Waals surface area contributed by atoms with E-state index in [1.165, 1.54) is 12.8 Å². The van der Waals surface area contributed by atoms with Gasteiger partial charge in [-0.05, 0) is 37.5 Å². The maximum Gasteiger partial charge on any atom is 0.280 e. The van der Waals surface area contributed by atoms with E-state index in [4.69, 9.17) is 11.5 Å². The lowest BCUT2D eigenvalue weighted by atomic mass is 10.1. The van der Waals surface area contributed by atoms with Crippen LogP contribution in [0.4, 0.5) is 5.69 Å². The Hall–Kier alpha value is -2.04. The number of hydrogen-bond donors (Lipinski definition) is 2. The molecule has 1 aromatic rings. The molecule has 1 heterocycles. The Balaban J connectivity index is 2.31. The quantitative estimate of drug-likeness (QED) is 0.602. The zero-order chi connectivity index (χ0) is 13.1. The van der Waals surface area contributed by atoms with Crippen molar-refractivity contribution in [3.8, 4) is 0 Å². The van der Waals surface area contributed by atoms with Crippen molar-refractivity contribution in [3.05, 3.63) is 29.3 Å². The zero-order valence-corrected chi connectivity index (χ0v) is 10.5. The monoisotopic (exact) mass is 246 g/mol. The minimum atomic E-state index is -0.393. The molecule has 0 aliphatic carbocycles. The van der Waals surface area contributed by atoms with Crippen LogP contribution in [0.3, 0.4) is 0 Å². The molecule has 1 aliphatic heterocycles. The van der Waals surface area contributed by atoms with Gasteiger partial charge in [0.2, 0.25) is 0 Å². The average molecular weight is 246 g/mol. The maximum atomic E-state index is 11.8. The van der Waals surface area contributed by atoms with Gasteiger partial charge in [0, 0.05) is 24.3 Å². The van der Waals surface area contributed by atoms with Crippen LogP contribution >= 0.6 is 0 Å². The fourth-order valence-corrected chi connectivity index (χ4v) is 2.22. The van der Waals surface area contributed by atoms with Crippen LogP contribution in [-0.4, -0.2) is 25.0 Å². The van der Waals surface area contributed by atoms with Crippen molar-refractivity contribution in [2.75, 3.05) is 18.0 Å². The van der Waals surface area contributed by atoms with E-state index >= 15 is 0 Å². The number of nitrogens with zero attached hydrogens (tertiary/aromatic N) is 2. The first-order valence-electron chi connectivity index (χ1n) is 6.07. The first-order chi connectivity index (χ1) is 8.58. The maximum absolute atomic E-state index is 11.8. The average Bonchev–Trinajstić information content (AvgIpc) is 2.82. The van der Waals surface area contributed by atoms with Gasteiger partial charge in [-0.3, -0.25) is 4.79 Å². The molecule has 5 nitrogen and oxygen atoms in total. The Morgan fingerprint density at radius 3 is 2.56 bits per heavy atom. The predicted molar refractivity (Wildman–Crippen MR) is 72.8 cm³/mol. The fraction of sp³-hybridized carbons (Fsp3) is 0.385. The van der Waals surface area contributed by atoms with E-state index in [2.05, 4.69) is 9.89 Å². The molecule has 1 aliphatic rings. The molecule has 96 valence electrons. The Kier molecular flexibility index (Phi) is 3.50. The van der Waals surface area contributed by atoms with E-state index in [0.29, 0.717) is 5.56 Å². The number of aryl methyl sites for hydroxylation is 1. The Morgan fingerprint density at radius 1 is 1.28 bits per heavy atom. The molecule has 0 radical (unpaired) electrons. The lowest BCUT2D eigenvalue weighted by Crippen LogP contribution is -2.24. The summed E-state index contributed by atoms with van der Waals surface area (Å²) < 4.78 is 0. The van der Waals surface area contributed by atoms with Crippen LogP contribution in [0.25, 0.3) is 0 Å². The smallest absolute Gasteiger partial charge is 0.280 e. The second kappa shape index (κ2) is 5.08. The standard InChI is InChI=1S/C13H18N4O/c1-9-4-5-10(12(18)16-13(14)15)8-11(9)17-6-2-3-7-17/h4-5,8H,2-3,6-7H2,1H3,(H4,14,15,16,18). The van der Waals surface area contributed by atoms with Crippen LogP contribution in [0.1, 0.15) is 28.8 Å². The van der Waals surface area contributed by atoms with Crippen LogP contribution in [0.2, 0.25) is 0 Å². The molecule has 1 amide bonds. The van der Waals surface area contributed by atoms with E-state index in [1.54, 1.807) is 6.07 Å². The van der Waals surface area contributed by atoms with Gasteiger partial charge in [0.25, 0.3) is 5.91 Å². The Labute approximate surface area is 106 Å². The van der Waals surface area contributed by atoms with Gasteiger partial charge in [-0.25, -0.2) is 0 Å². The second-order valence-corrected chi connectivity index (χ2v) is 4.54. The van der Waals surface area contributed by atoms with Crippen molar-refractivity contribution < 1.29 is 4.79 Å². The molecule has 4 N–H and O–H groups in total. The molecule has 1 fully saturated rings. The van der Waals surface area contributed by atoms with Crippen LogP contribution in [0.5, 0.6) is 0 Å². The van der Waals surface area contributed by atoms with Crippen molar-refractivity contribution in [1.29, 1.82) is 0 Å². The molecular weight excluding hydrogens is 228 g/mol. The summed E-state index contributed by atoms with van der Waals surface area (Å²) >= 11 is 0. The highest BCUT2D eigenvalue weighted by atomic mass is 16.1. The van der Waals surface area contributed by atoms with Crippen molar-refractivity contribution in [3.63, 3.8) is 0 Å². The van der Waals surface area contributed by atoms with Gasteiger partial charge < -0.3 is 16.4 Å². The molecule has 0 spiro atoms. The number of aliphatic imine (C=N–C) groups is 1. The summed E-state index contributed by atoms with van der Waals surface area (Å²) in [6.07, 6.45) is 2.40. The van der Waals surface area contributed by atoms with Crippen LogP contribution in [-0.2, 0) is 0 Å².